The highest BCUT2D eigenvalue weighted by atomic mass is 19.4. The molecule has 2 aromatic heterocycles. The first-order valence-electron chi connectivity index (χ1n) is 11.1. The summed E-state index contributed by atoms with van der Waals surface area (Å²) in [6.07, 6.45) is 0.443. The van der Waals surface area contributed by atoms with Gasteiger partial charge in [0.2, 0.25) is 11.9 Å². The monoisotopic (exact) mass is 551 g/mol. The van der Waals surface area contributed by atoms with Gasteiger partial charge in [0.15, 0.2) is 0 Å². The van der Waals surface area contributed by atoms with Gasteiger partial charge in [-0.3, -0.25) is 9.78 Å². The van der Waals surface area contributed by atoms with Crippen LogP contribution in [0.3, 0.4) is 0 Å². The number of aromatic nitrogens is 3. The van der Waals surface area contributed by atoms with E-state index >= 15 is 0 Å². The molecule has 2 N–H and O–H groups in total. The summed E-state index contributed by atoms with van der Waals surface area (Å²) in [7, 11) is 0. The van der Waals surface area contributed by atoms with Crippen molar-refractivity contribution < 1.29 is 50.9 Å². The average molecular weight is 551 g/mol. The number of carbonyl (C=O) groups is 3. The van der Waals surface area contributed by atoms with Crippen molar-refractivity contribution in [3.8, 4) is 0 Å². The number of fused-ring (bicyclic) bond motifs is 1. The third-order valence-electron chi connectivity index (χ3n) is 5.53. The Morgan fingerprint density at radius 2 is 1.53 bits per heavy atom. The number of carboxylic acid groups (broad SMARTS) is 2. The van der Waals surface area contributed by atoms with Gasteiger partial charge >= 0.3 is 24.3 Å². The molecule has 1 amide bonds. The summed E-state index contributed by atoms with van der Waals surface area (Å²) >= 11 is 0. The number of carboxylic acids is 2. The van der Waals surface area contributed by atoms with E-state index in [0.717, 1.165) is 43.0 Å². The molecule has 0 radical (unpaired) electrons. The number of aliphatic carboxylic acids is 2. The summed E-state index contributed by atoms with van der Waals surface area (Å²) in [6.45, 7) is 2.98. The molecule has 0 unspecified atom stereocenters. The first kappa shape index (κ1) is 30.2. The molecule has 38 heavy (non-hydrogen) atoms. The van der Waals surface area contributed by atoms with E-state index < -0.39 is 24.3 Å². The number of hydrogen-bond acceptors (Lipinski definition) is 7. The Kier molecular flexibility index (Phi) is 9.96. The molecular weight excluding hydrogens is 528 g/mol. The zero-order valence-corrected chi connectivity index (χ0v) is 19.8. The lowest BCUT2D eigenvalue weighted by molar-refractivity contribution is -0.193. The highest BCUT2D eigenvalue weighted by Gasteiger charge is 2.44. The van der Waals surface area contributed by atoms with Crippen LogP contribution in [0.25, 0.3) is 0 Å². The van der Waals surface area contributed by atoms with Crippen molar-refractivity contribution in [3.05, 3.63) is 42.5 Å². The van der Waals surface area contributed by atoms with Gasteiger partial charge in [-0.2, -0.15) is 26.3 Å². The van der Waals surface area contributed by atoms with E-state index in [1.54, 1.807) is 12.4 Å². The van der Waals surface area contributed by atoms with Crippen molar-refractivity contribution in [3.63, 3.8) is 0 Å². The van der Waals surface area contributed by atoms with Crippen LogP contribution in [0.2, 0.25) is 0 Å². The van der Waals surface area contributed by atoms with Gasteiger partial charge in [-0.1, -0.05) is 6.92 Å². The highest BCUT2D eigenvalue weighted by Crippen LogP contribution is 2.35. The number of anilines is 2. The Hall–Kier alpha value is -3.98. The number of hydrogen-bond donors (Lipinski definition) is 2. The van der Waals surface area contributed by atoms with Gasteiger partial charge in [-0.05, 0) is 37.0 Å². The van der Waals surface area contributed by atoms with Crippen LogP contribution < -0.4 is 9.80 Å². The van der Waals surface area contributed by atoms with Crippen LogP contribution in [0.15, 0.2) is 36.9 Å². The molecular formula is C22H23F6N5O5. The average Bonchev–Trinajstić information content (AvgIpc) is 3.28. The number of rotatable bonds is 3. The maximum absolute atomic E-state index is 12.5. The predicted molar refractivity (Wildman–Crippen MR) is 119 cm³/mol. The molecule has 10 nitrogen and oxygen atoms in total. The molecule has 2 aromatic rings. The summed E-state index contributed by atoms with van der Waals surface area (Å²) in [5, 5.41) is 14.2. The number of halogens is 6. The van der Waals surface area contributed by atoms with Crippen LogP contribution in [0.4, 0.5) is 38.0 Å². The van der Waals surface area contributed by atoms with E-state index in [1.165, 1.54) is 0 Å². The van der Waals surface area contributed by atoms with Crippen LogP contribution >= 0.6 is 0 Å². The summed E-state index contributed by atoms with van der Waals surface area (Å²) in [6, 6.07) is 4.29. The number of alkyl halides is 6. The zero-order chi connectivity index (χ0) is 28.7. The molecule has 2 aliphatic heterocycles. The molecule has 4 heterocycles. The second kappa shape index (κ2) is 12.5. The minimum Gasteiger partial charge on any atom is -0.475 e. The molecule has 2 saturated heterocycles. The molecule has 16 heteroatoms. The lowest BCUT2D eigenvalue weighted by Gasteiger charge is -2.39. The predicted octanol–water partition coefficient (Wildman–Crippen LogP) is 3.47. The third-order valence-corrected chi connectivity index (χ3v) is 5.53. The van der Waals surface area contributed by atoms with Crippen molar-refractivity contribution >= 4 is 29.5 Å². The molecule has 4 rings (SSSR count). The molecule has 208 valence electrons. The van der Waals surface area contributed by atoms with Crippen LogP contribution in [0.1, 0.15) is 31.7 Å². The minimum atomic E-state index is -5.08. The highest BCUT2D eigenvalue weighted by molar-refractivity contribution is 5.95. The van der Waals surface area contributed by atoms with Gasteiger partial charge < -0.3 is 20.0 Å². The van der Waals surface area contributed by atoms with Gasteiger partial charge in [0.05, 0.1) is 24.0 Å². The zero-order valence-electron chi connectivity index (χ0n) is 19.8. The molecule has 0 bridgehead atoms. The smallest absolute Gasteiger partial charge is 0.475 e. The Labute approximate surface area is 211 Å². The summed E-state index contributed by atoms with van der Waals surface area (Å²) in [4.78, 5) is 47.7. The first-order chi connectivity index (χ1) is 17.7. The summed E-state index contributed by atoms with van der Waals surface area (Å²) < 4.78 is 63.5. The largest absolute Gasteiger partial charge is 0.490 e. The van der Waals surface area contributed by atoms with Gasteiger partial charge in [-0.15, -0.1) is 0 Å². The third kappa shape index (κ3) is 8.01. The van der Waals surface area contributed by atoms with E-state index in [1.807, 2.05) is 29.4 Å². The SMILES string of the molecule is CCc1cnc(N2CC[C@H]3[C@@H]2CCC(=O)N3c2cccnc2)nc1.O=C(O)C(F)(F)F.O=C(O)C(F)(F)F. The van der Waals surface area contributed by atoms with Crippen molar-refractivity contribution in [2.75, 3.05) is 16.3 Å². The van der Waals surface area contributed by atoms with Crippen LogP contribution in [0.5, 0.6) is 0 Å². The van der Waals surface area contributed by atoms with Gasteiger partial charge in [-0.25, -0.2) is 19.6 Å². The lowest BCUT2D eigenvalue weighted by Crippen LogP contribution is -2.53. The van der Waals surface area contributed by atoms with E-state index in [0.29, 0.717) is 6.42 Å². The van der Waals surface area contributed by atoms with Crippen molar-refractivity contribution in [2.24, 2.45) is 0 Å². The Bertz CT molecular complexity index is 1070. The normalized spacial score (nSPS) is 19.0. The van der Waals surface area contributed by atoms with Crippen molar-refractivity contribution in [1.82, 2.24) is 15.0 Å². The molecule has 0 aromatic carbocycles. The van der Waals surface area contributed by atoms with E-state index in [9.17, 15) is 31.1 Å². The molecule has 0 aliphatic carbocycles. The van der Waals surface area contributed by atoms with Gasteiger partial charge in [0.1, 0.15) is 0 Å². The van der Waals surface area contributed by atoms with E-state index in [4.69, 9.17) is 19.8 Å². The van der Waals surface area contributed by atoms with Gasteiger partial charge in [0.25, 0.3) is 0 Å². The molecule has 0 saturated carbocycles. The maximum Gasteiger partial charge on any atom is 0.490 e. The molecule has 2 atom stereocenters. The first-order valence-corrected chi connectivity index (χ1v) is 11.1. The molecule has 2 aliphatic rings. The van der Waals surface area contributed by atoms with Crippen molar-refractivity contribution in [1.29, 1.82) is 0 Å². The fourth-order valence-corrected chi connectivity index (χ4v) is 3.82. The quantitative estimate of drug-likeness (QED) is 0.550. The van der Waals surface area contributed by atoms with Crippen LogP contribution in [-0.4, -0.2) is 74.0 Å². The minimum absolute atomic E-state index is 0.171. The fourth-order valence-electron chi connectivity index (χ4n) is 3.82. The number of piperidine rings is 1. The van der Waals surface area contributed by atoms with Gasteiger partial charge in [0, 0.05) is 31.6 Å². The van der Waals surface area contributed by atoms with E-state index in [2.05, 4.69) is 26.8 Å². The number of aryl methyl sites for hydroxylation is 1. The number of carbonyl (C=O) groups excluding carboxylic acids is 1. The number of nitrogens with zero attached hydrogens (tertiary/aromatic N) is 5. The number of pyridine rings is 1. The van der Waals surface area contributed by atoms with E-state index in [-0.39, 0.29) is 18.0 Å². The second-order valence-corrected chi connectivity index (χ2v) is 7.98. The maximum atomic E-state index is 12.5. The lowest BCUT2D eigenvalue weighted by atomic mass is 9.96. The summed E-state index contributed by atoms with van der Waals surface area (Å²) in [5.41, 5.74) is 2.03. The number of amides is 1. The van der Waals surface area contributed by atoms with Crippen LogP contribution in [0, 0.1) is 0 Å². The fraction of sp³-hybridized carbons (Fsp3) is 0.455. The molecule has 2 fully saturated rings. The Morgan fingerprint density at radius 1 is 0.974 bits per heavy atom. The summed E-state index contributed by atoms with van der Waals surface area (Å²) in [5.74, 6) is -4.55. The van der Waals surface area contributed by atoms with Crippen LogP contribution in [-0.2, 0) is 20.8 Å². The topological polar surface area (TPSA) is 137 Å². The Balaban J connectivity index is 0.000000301. The van der Waals surface area contributed by atoms with Crippen molar-refractivity contribution in [2.45, 2.75) is 57.0 Å². The molecule has 0 spiro atoms. The second-order valence-electron chi connectivity index (χ2n) is 7.98. The standard InChI is InChI=1S/C18H21N5O.2C2HF3O2/c1-2-13-10-20-18(21-11-13)22-9-7-16-15(22)5-6-17(24)23(16)14-4-3-8-19-12-14;2*3-2(4,5)1(6)7/h3-4,8,10-12,15-16H,2,5-7,9H2,1H3;2*(H,6,7)/t15-,16-;;/m0../s1. The Morgan fingerprint density at radius 3 is 1.97 bits per heavy atom.